The molecule has 0 saturated heterocycles. The monoisotopic (exact) mass is 239 g/mol. The van der Waals surface area contributed by atoms with Gasteiger partial charge in [0.2, 0.25) is 0 Å². The molecule has 0 fully saturated rings. The third-order valence-corrected chi connectivity index (χ3v) is 3.15. The molecular formula is C14H13N3O. The fourth-order valence-electron chi connectivity index (χ4n) is 1.98. The van der Waals surface area contributed by atoms with Crippen molar-refractivity contribution in [1.29, 1.82) is 0 Å². The number of rotatable bonds is 1. The standard InChI is InChI=1S/C14H13N3O/c1-8-5-11-12(6-9(8)2)17-14(16-11)10-3-4-15-7-13(10)18/h3-7,18H,1-2H3,(H,16,17). The minimum atomic E-state index is 0.130. The lowest BCUT2D eigenvalue weighted by Gasteiger charge is -1.98. The molecule has 90 valence electrons. The Morgan fingerprint density at radius 3 is 2.72 bits per heavy atom. The zero-order chi connectivity index (χ0) is 12.7. The molecule has 0 radical (unpaired) electrons. The van der Waals surface area contributed by atoms with Crippen molar-refractivity contribution in [3.63, 3.8) is 0 Å². The van der Waals surface area contributed by atoms with Crippen molar-refractivity contribution in [3.05, 3.63) is 41.7 Å². The molecule has 0 aliphatic rings. The number of nitrogens with zero attached hydrogens (tertiary/aromatic N) is 2. The van der Waals surface area contributed by atoms with E-state index in [4.69, 9.17) is 0 Å². The number of H-pyrrole nitrogens is 1. The zero-order valence-corrected chi connectivity index (χ0v) is 10.2. The Hall–Kier alpha value is -2.36. The van der Waals surface area contributed by atoms with Crippen LogP contribution in [0.4, 0.5) is 0 Å². The van der Waals surface area contributed by atoms with Crippen LogP contribution >= 0.6 is 0 Å². The van der Waals surface area contributed by atoms with Crippen molar-refractivity contribution < 1.29 is 5.11 Å². The van der Waals surface area contributed by atoms with Gasteiger partial charge in [-0.1, -0.05) is 0 Å². The van der Waals surface area contributed by atoms with Gasteiger partial charge in [0.25, 0.3) is 0 Å². The second kappa shape index (κ2) is 3.84. The fraction of sp³-hybridized carbons (Fsp3) is 0.143. The second-order valence-corrected chi connectivity index (χ2v) is 4.43. The highest BCUT2D eigenvalue weighted by molar-refractivity contribution is 5.81. The van der Waals surface area contributed by atoms with Gasteiger partial charge in [-0.2, -0.15) is 0 Å². The first-order chi connectivity index (χ1) is 8.65. The van der Waals surface area contributed by atoms with E-state index in [1.807, 2.05) is 6.07 Å². The summed E-state index contributed by atoms with van der Waals surface area (Å²) in [6.07, 6.45) is 3.05. The Bertz CT molecular complexity index is 692. The fourth-order valence-corrected chi connectivity index (χ4v) is 1.98. The second-order valence-electron chi connectivity index (χ2n) is 4.43. The lowest BCUT2D eigenvalue weighted by atomic mass is 10.1. The normalized spacial score (nSPS) is 11.0. The van der Waals surface area contributed by atoms with E-state index >= 15 is 0 Å². The zero-order valence-electron chi connectivity index (χ0n) is 10.2. The molecule has 0 aliphatic carbocycles. The summed E-state index contributed by atoms with van der Waals surface area (Å²) >= 11 is 0. The van der Waals surface area contributed by atoms with Crippen molar-refractivity contribution in [2.24, 2.45) is 0 Å². The lowest BCUT2D eigenvalue weighted by molar-refractivity contribution is 0.474. The van der Waals surface area contributed by atoms with Gasteiger partial charge in [-0.25, -0.2) is 4.98 Å². The van der Waals surface area contributed by atoms with Crippen molar-refractivity contribution in [1.82, 2.24) is 15.0 Å². The van der Waals surface area contributed by atoms with Gasteiger partial charge in [-0.15, -0.1) is 0 Å². The SMILES string of the molecule is Cc1cc2nc(-c3ccncc3O)[nH]c2cc1C. The van der Waals surface area contributed by atoms with E-state index < -0.39 is 0 Å². The minimum absolute atomic E-state index is 0.130. The number of benzene rings is 1. The molecule has 0 spiro atoms. The average molecular weight is 239 g/mol. The van der Waals surface area contributed by atoms with Crippen molar-refractivity contribution >= 4 is 11.0 Å². The number of nitrogens with one attached hydrogen (secondary N) is 1. The Labute approximate surface area is 104 Å². The summed E-state index contributed by atoms with van der Waals surface area (Å²) < 4.78 is 0. The molecule has 2 heterocycles. The summed E-state index contributed by atoms with van der Waals surface area (Å²) in [6, 6.07) is 5.86. The van der Waals surface area contributed by atoms with E-state index in [1.54, 1.807) is 12.3 Å². The number of aromatic hydroxyl groups is 1. The number of hydrogen-bond acceptors (Lipinski definition) is 3. The highest BCUT2D eigenvalue weighted by Gasteiger charge is 2.10. The summed E-state index contributed by atoms with van der Waals surface area (Å²) in [5.41, 5.74) is 4.97. The van der Waals surface area contributed by atoms with E-state index in [0.717, 1.165) is 11.0 Å². The van der Waals surface area contributed by atoms with Crippen LogP contribution in [0, 0.1) is 13.8 Å². The molecule has 0 saturated carbocycles. The number of aryl methyl sites for hydroxylation is 2. The van der Waals surface area contributed by atoms with Gasteiger partial charge < -0.3 is 10.1 Å². The number of hydrogen-bond donors (Lipinski definition) is 2. The molecule has 2 N–H and O–H groups in total. The highest BCUT2D eigenvalue weighted by Crippen LogP contribution is 2.28. The van der Waals surface area contributed by atoms with E-state index in [1.165, 1.54) is 17.3 Å². The van der Waals surface area contributed by atoms with Crippen molar-refractivity contribution in [2.75, 3.05) is 0 Å². The molecule has 2 aromatic heterocycles. The van der Waals surface area contributed by atoms with Crippen LogP contribution in [0.15, 0.2) is 30.6 Å². The Kier molecular flexibility index (Phi) is 2.30. The van der Waals surface area contributed by atoms with Crippen LogP contribution in [-0.4, -0.2) is 20.1 Å². The Balaban J connectivity index is 2.23. The molecule has 3 aromatic rings. The third kappa shape index (κ3) is 1.62. The van der Waals surface area contributed by atoms with Gasteiger partial charge in [0, 0.05) is 6.20 Å². The van der Waals surface area contributed by atoms with E-state index in [0.29, 0.717) is 11.4 Å². The number of aromatic nitrogens is 3. The third-order valence-electron chi connectivity index (χ3n) is 3.15. The number of pyridine rings is 1. The van der Waals surface area contributed by atoms with Gasteiger partial charge >= 0.3 is 0 Å². The molecule has 0 bridgehead atoms. The van der Waals surface area contributed by atoms with Gasteiger partial charge in [0.15, 0.2) is 0 Å². The van der Waals surface area contributed by atoms with Crippen LogP contribution in [0.3, 0.4) is 0 Å². The van der Waals surface area contributed by atoms with Crippen LogP contribution < -0.4 is 0 Å². The molecule has 4 heteroatoms. The summed E-state index contributed by atoms with van der Waals surface area (Å²) in [5.74, 6) is 0.792. The van der Waals surface area contributed by atoms with Crippen LogP contribution in [-0.2, 0) is 0 Å². The molecule has 3 rings (SSSR count). The first-order valence-electron chi connectivity index (χ1n) is 5.75. The summed E-state index contributed by atoms with van der Waals surface area (Å²) in [5, 5.41) is 9.78. The minimum Gasteiger partial charge on any atom is -0.506 e. The molecular weight excluding hydrogens is 226 g/mol. The lowest BCUT2D eigenvalue weighted by Crippen LogP contribution is -1.82. The quantitative estimate of drug-likeness (QED) is 0.686. The van der Waals surface area contributed by atoms with Crippen LogP contribution in [0.5, 0.6) is 5.75 Å². The summed E-state index contributed by atoms with van der Waals surface area (Å²) in [7, 11) is 0. The average Bonchev–Trinajstić information content (AvgIpc) is 2.73. The van der Waals surface area contributed by atoms with Gasteiger partial charge in [0.1, 0.15) is 11.6 Å². The molecule has 0 aliphatic heterocycles. The van der Waals surface area contributed by atoms with Crippen molar-refractivity contribution in [3.8, 4) is 17.1 Å². The molecule has 0 atom stereocenters. The maximum Gasteiger partial charge on any atom is 0.144 e. The summed E-state index contributed by atoms with van der Waals surface area (Å²) in [6.45, 7) is 4.13. The van der Waals surface area contributed by atoms with Crippen molar-refractivity contribution in [2.45, 2.75) is 13.8 Å². The molecule has 4 nitrogen and oxygen atoms in total. The highest BCUT2D eigenvalue weighted by atomic mass is 16.3. The van der Waals surface area contributed by atoms with E-state index in [-0.39, 0.29) is 5.75 Å². The van der Waals surface area contributed by atoms with Crippen LogP contribution in [0.1, 0.15) is 11.1 Å². The Morgan fingerprint density at radius 2 is 1.94 bits per heavy atom. The topological polar surface area (TPSA) is 61.8 Å². The number of imidazole rings is 1. The van der Waals surface area contributed by atoms with Gasteiger partial charge in [0.05, 0.1) is 22.8 Å². The van der Waals surface area contributed by atoms with Gasteiger partial charge in [-0.05, 0) is 43.2 Å². The molecule has 0 unspecified atom stereocenters. The summed E-state index contributed by atoms with van der Waals surface area (Å²) in [4.78, 5) is 11.6. The first kappa shape index (κ1) is 10.8. The first-order valence-corrected chi connectivity index (χ1v) is 5.75. The van der Waals surface area contributed by atoms with Gasteiger partial charge in [-0.3, -0.25) is 4.98 Å². The molecule has 1 aromatic carbocycles. The number of aromatic amines is 1. The predicted octanol–water partition coefficient (Wildman–Crippen LogP) is 2.95. The van der Waals surface area contributed by atoms with E-state index in [9.17, 15) is 5.11 Å². The van der Waals surface area contributed by atoms with Crippen LogP contribution in [0.2, 0.25) is 0 Å². The number of fused-ring (bicyclic) bond motifs is 1. The predicted molar refractivity (Wildman–Crippen MR) is 70.5 cm³/mol. The largest absolute Gasteiger partial charge is 0.506 e. The molecule has 0 amide bonds. The maximum absolute atomic E-state index is 9.78. The van der Waals surface area contributed by atoms with Crippen LogP contribution in [0.25, 0.3) is 22.4 Å². The Morgan fingerprint density at radius 1 is 1.17 bits per heavy atom. The smallest absolute Gasteiger partial charge is 0.144 e. The van der Waals surface area contributed by atoms with E-state index in [2.05, 4.69) is 34.9 Å². The molecule has 18 heavy (non-hydrogen) atoms. The maximum atomic E-state index is 9.78.